The molecule has 0 radical (unpaired) electrons. The van der Waals surface area contributed by atoms with Gasteiger partial charge in [0, 0.05) is 6.20 Å². The smallest absolute Gasteiger partial charge is 0.343 e. The summed E-state index contributed by atoms with van der Waals surface area (Å²) in [5, 5.41) is 2.71. The molecule has 0 unspecified atom stereocenters. The predicted octanol–water partition coefficient (Wildman–Crippen LogP) is 1.54. The van der Waals surface area contributed by atoms with E-state index in [0.29, 0.717) is 0 Å². The second kappa shape index (κ2) is 10.9. The summed E-state index contributed by atoms with van der Waals surface area (Å²) in [6, 6.07) is 4.03. The van der Waals surface area contributed by atoms with E-state index in [2.05, 4.69) is 20.0 Å². The molecule has 11 nitrogen and oxygen atoms in total. The topological polar surface area (TPSA) is 160 Å². The number of carbonyl (C=O) groups is 4. The molecule has 1 aromatic heterocycles. The van der Waals surface area contributed by atoms with Gasteiger partial charge < -0.3 is 25.3 Å². The second-order valence-electron chi connectivity index (χ2n) is 5.75. The van der Waals surface area contributed by atoms with E-state index in [0.717, 1.165) is 11.8 Å². The number of esters is 3. The number of carbonyl (C=O) groups excluding carboxylic acids is 4. The van der Waals surface area contributed by atoms with Gasteiger partial charge in [0.15, 0.2) is 5.16 Å². The first-order valence-corrected chi connectivity index (χ1v) is 9.82. The molecular formula is C19H20N4O7S. The predicted molar refractivity (Wildman–Crippen MR) is 111 cm³/mol. The van der Waals surface area contributed by atoms with Gasteiger partial charge in [0.1, 0.15) is 11.4 Å². The largest absolute Gasteiger partial charge is 0.465 e. The van der Waals surface area contributed by atoms with Crippen LogP contribution in [0, 0.1) is 0 Å². The van der Waals surface area contributed by atoms with Gasteiger partial charge in [0.05, 0.1) is 43.4 Å². The van der Waals surface area contributed by atoms with Crippen LogP contribution in [0.25, 0.3) is 0 Å². The molecule has 2 aromatic rings. The van der Waals surface area contributed by atoms with Gasteiger partial charge in [0.25, 0.3) is 0 Å². The number of benzene rings is 1. The average molecular weight is 448 g/mol. The summed E-state index contributed by atoms with van der Waals surface area (Å²) in [6.45, 7) is 1.84. The first kappa shape index (κ1) is 23.6. The lowest BCUT2D eigenvalue weighted by Gasteiger charge is -2.11. The monoisotopic (exact) mass is 448 g/mol. The van der Waals surface area contributed by atoms with Crippen molar-refractivity contribution in [3.05, 3.63) is 41.1 Å². The van der Waals surface area contributed by atoms with E-state index in [4.69, 9.17) is 15.2 Å². The van der Waals surface area contributed by atoms with Crippen molar-refractivity contribution in [2.45, 2.75) is 12.1 Å². The van der Waals surface area contributed by atoms with Gasteiger partial charge in [-0.1, -0.05) is 11.8 Å². The number of hydrogen-bond acceptors (Lipinski definition) is 11. The number of hydrogen-bond donors (Lipinski definition) is 2. The molecule has 0 aliphatic carbocycles. The number of nitrogens with zero attached hydrogens (tertiary/aromatic N) is 2. The Morgan fingerprint density at radius 3 is 2.39 bits per heavy atom. The summed E-state index contributed by atoms with van der Waals surface area (Å²) in [5.74, 6) is -2.68. The molecule has 3 N–H and O–H groups in total. The molecule has 0 saturated heterocycles. The zero-order valence-electron chi connectivity index (χ0n) is 17.0. The Hall–Kier alpha value is -3.67. The molecule has 2 rings (SSSR count). The first-order chi connectivity index (χ1) is 14.8. The maximum atomic E-state index is 12.4. The third-order valence-corrected chi connectivity index (χ3v) is 4.61. The lowest BCUT2D eigenvalue weighted by atomic mass is 10.1. The van der Waals surface area contributed by atoms with Crippen LogP contribution >= 0.6 is 11.8 Å². The number of aromatic nitrogens is 2. The van der Waals surface area contributed by atoms with Gasteiger partial charge in [-0.3, -0.25) is 4.79 Å². The Morgan fingerprint density at radius 1 is 1.06 bits per heavy atom. The van der Waals surface area contributed by atoms with Crippen molar-refractivity contribution in [1.29, 1.82) is 0 Å². The number of nitrogens with one attached hydrogen (secondary N) is 1. The Kier molecular flexibility index (Phi) is 8.32. The normalized spacial score (nSPS) is 10.2. The minimum atomic E-state index is -0.690. The summed E-state index contributed by atoms with van der Waals surface area (Å²) < 4.78 is 14.2. The number of anilines is 2. The van der Waals surface area contributed by atoms with Crippen molar-refractivity contribution in [2.75, 3.05) is 37.6 Å². The highest BCUT2D eigenvalue weighted by Crippen LogP contribution is 2.21. The van der Waals surface area contributed by atoms with Crippen LogP contribution in [0.1, 0.15) is 38.0 Å². The zero-order chi connectivity index (χ0) is 23.0. The van der Waals surface area contributed by atoms with E-state index in [1.807, 2.05) is 0 Å². The first-order valence-electron chi connectivity index (χ1n) is 8.83. The maximum absolute atomic E-state index is 12.4. The van der Waals surface area contributed by atoms with Crippen molar-refractivity contribution >= 4 is 47.1 Å². The fraction of sp³-hybridized carbons (Fsp3) is 0.263. The standard InChI is InChI=1S/C19H20N4O7S/c1-4-30-18(27)12-8-21-19(23-15(12)20)31-9-14(24)22-13-7-10(16(25)28-2)5-6-11(13)17(26)29-3/h5-8H,4,9H2,1-3H3,(H,22,24)(H2,20,21,23). The van der Waals surface area contributed by atoms with Crippen molar-refractivity contribution in [1.82, 2.24) is 9.97 Å². The number of amides is 1. The molecule has 0 bridgehead atoms. The molecular weight excluding hydrogens is 428 g/mol. The van der Waals surface area contributed by atoms with E-state index in [-0.39, 0.29) is 45.7 Å². The lowest BCUT2D eigenvalue weighted by molar-refractivity contribution is -0.113. The Labute approximate surface area is 181 Å². The number of nitrogens with two attached hydrogens (primary N) is 1. The number of nitrogen functional groups attached to an aromatic ring is 1. The lowest BCUT2D eigenvalue weighted by Crippen LogP contribution is -2.18. The van der Waals surface area contributed by atoms with Crippen LogP contribution < -0.4 is 11.1 Å². The van der Waals surface area contributed by atoms with Crippen LogP contribution in [-0.4, -0.2) is 60.4 Å². The number of thioether (sulfide) groups is 1. The SMILES string of the molecule is CCOC(=O)c1cnc(SCC(=O)Nc2cc(C(=O)OC)ccc2C(=O)OC)nc1N. The van der Waals surface area contributed by atoms with Gasteiger partial charge in [0.2, 0.25) is 5.91 Å². The van der Waals surface area contributed by atoms with E-state index in [1.54, 1.807) is 6.92 Å². The Bertz CT molecular complexity index is 1010. The van der Waals surface area contributed by atoms with Gasteiger partial charge in [-0.15, -0.1) is 0 Å². The molecule has 31 heavy (non-hydrogen) atoms. The van der Waals surface area contributed by atoms with Gasteiger partial charge in [-0.05, 0) is 25.1 Å². The zero-order valence-corrected chi connectivity index (χ0v) is 17.8. The molecule has 0 saturated carbocycles. The van der Waals surface area contributed by atoms with Crippen LogP contribution in [0.3, 0.4) is 0 Å². The second-order valence-corrected chi connectivity index (χ2v) is 6.69. The molecule has 0 spiro atoms. The molecule has 0 aliphatic rings. The Morgan fingerprint density at radius 2 is 1.77 bits per heavy atom. The average Bonchev–Trinajstić information content (AvgIpc) is 2.76. The third-order valence-electron chi connectivity index (χ3n) is 3.74. The molecule has 164 valence electrons. The van der Waals surface area contributed by atoms with Crippen molar-refractivity contribution in [2.24, 2.45) is 0 Å². The maximum Gasteiger partial charge on any atom is 0.343 e. The highest BCUT2D eigenvalue weighted by molar-refractivity contribution is 7.99. The van der Waals surface area contributed by atoms with Crippen LogP contribution in [-0.2, 0) is 19.0 Å². The van der Waals surface area contributed by atoms with Crippen molar-refractivity contribution in [3.8, 4) is 0 Å². The number of methoxy groups -OCH3 is 2. The fourth-order valence-corrected chi connectivity index (χ4v) is 2.93. The summed E-state index contributed by atoms with van der Waals surface area (Å²) in [7, 11) is 2.41. The van der Waals surface area contributed by atoms with E-state index in [9.17, 15) is 19.2 Å². The van der Waals surface area contributed by atoms with Gasteiger partial charge >= 0.3 is 17.9 Å². The number of ether oxygens (including phenoxy) is 3. The van der Waals surface area contributed by atoms with Crippen LogP contribution in [0.4, 0.5) is 11.5 Å². The van der Waals surface area contributed by atoms with E-state index >= 15 is 0 Å². The van der Waals surface area contributed by atoms with Gasteiger partial charge in [-0.25, -0.2) is 24.4 Å². The molecule has 1 amide bonds. The third kappa shape index (κ3) is 6.15. The molecule has 0 atom stereocenters. The van der Waals surface area contributed by atoms with Crippen molar-refractivity contribution in [3.63, 3.8) is 0 Å². The summed E-state index contributed by atoms with van der Waals surface area (Å²) in [6.07, 6.45) is 1.22. The van der Waals surface area contributed by atoms with Crippen molar-refractivity contribution < 1.29 is 33.4 Å². The quantitative estimate of drug-likeness (QED) is 0.261. The molecule has 0 fully saturated rings. The van der Waals surface area contributed by atoms with Gasteiger partial charge in [-0.2, -0.15) is 0 Å². The van der Waals surface area contributed by atoms with E-state index < -0.39 is 23.8 Å². The minimum Gasteiger partial charge on any atom is -0.465 e. The highest BCUT2D eigenvalue weighted by Gasteiger charge is 2.18. The molecule has 0 aliphatic heterocycles. The summed E-state index contributed by atoms with van der Waals surface area (Å²) in [4.78, 5) is 55.8. The van der Waals surface area contributed by atoms with Crippen LogP contribution in [0.5, 0.6) is 0 Å². The summed E-state index contributed by atoms with van der Waals surface area (Å²) in [5.41, 5.74) is 6.06. The minimum absolute atomic E-state index is 0.0259. The summed E-state index contributed by atoms with van der Waals surface area (Å²) >= 11 is 0.957. The highest BCUT2D eigenvalue weighted by atomic mass is 32.2. The van der Waals surface area contributed by atoms with Crippen LogP contribution in [0.2, 0.25) is 0 Å². The Balaban J connectivity index is 2.12. The van der Waals surface area contributed by atoms with E-state index in [1.165, 1.54) is 38.6 Å². The molecule has 12 heteroatoms. The van der Waals surface area contributed by atoms with Crippen LogP contribution in [0.15, 0.2) is 29.6 Å². The molecule has 1 heterocycles. The fourth-order valence-electron chi connectivity index (χ4n) is 2.31. The number of rotatable bonds is 8. The molecule has 1 aromatic carbocycles.